The van der Waals surface area contributed by atoms with Gasteiger partial charge < -0.3 is 5.32 Å². The zero-order valence-corrected chi connectivity index (χ0v) is 9.74. The summed E-state index contributed by atoms with van der Waals surface area (Å²) in [5.74, 6) is 0.772. The van der Waals surface area contributed by atoms with Gasteiger partial charge in [0.2, 0.25) is 0 Å². The average molecular weight is 241 g/mol. The van der Waals surface area contributed by atoms with Gasteiger partial charge in [0, 0.05) is 32.2 Å². The van der Waals surface area contributed by atoms with Crippen LogP contribution in [0.1, 0.15) is 6.42 Å². The van der Waals surface area contributed by atoms with E-state index in [9.17, 15) is 8.42 Å². The molecule has 2 aliphatic heterocycles. The smallest absolute Gasteiger partial charge is 0.151 e. The highest BCUT2D eigenvalue weighted by Gasteiger charge is 2.32. The van der Waals surface area contributed by atoms with Gasteiger partial charge in [-0.3, -0.25) is 4.90 Å². The molecule has 0 aliphatic carbocycles. The van der Waals surface area contributed by atoms with E-state index in [0.717, 1.165) is 32.6 Å². The molecule has 0 aromatic heterocycles. The number of halogens is 1. The maximum Gasteiger partial charge on any atom is 0.151 e. The Morgan fingerprint density at radius 1 is 1.21 bits per heavy atom. The minimum absolute atomic E-state index is 0. The molecule has 0 radical (unpaired) electrons. The van der Waals surface area contributed by atoms with Crippen molar-refractivity contribution in [3.05, 3.63) is 0 Å². The Balaban J connectivity index is 0.000000980. The SMILES string of the molecule is Cl.O=S1(=O)CCC(N2CCNCC2)C1. The summed E-state index contributed by atoms with van der Waals surface area (Å²) in [6, 6.07) is 0.298. The normalized spacial score (nSPS) is 32.4. The molecule has 84 valence electrons. The van der Waals surface area contributed by atoms with Gasteiger partial charge in [0.25, 0.3) is 0 Å². The van der Waals surface area contributed by atoms with Crippen molar-refractivity contribution in [3.8, 4) is 0 Å². The molecule has 0 saturated carbocycles. The van der Waals surface area contributed by atoms with Crippen molar-refractivity contribution in [3.63, 3.8) is 0 Å². The van der Waals surface area contributed by atoms with Crippen LogP contribution in [0.3, 0.4) is 0 Å². The number of nitrogens with one attached hydrogen (secondary N) is 1. The Kier molecular flexibility index (Phi) is 4.18. The zero-order chi connectivity index (χ0) is 9.31. The summed E-state index contributed by atoms with van der Waals surface area (Å²) >= 11 is 0. The molecule has 2 saturated heterocycles. The van der Waals surface area contributed by atoms with Crippen LogP contribution in [-0.4, -0.2) is 57.0 Å². The fourth-order valence-corrected chi connectivity index (χ4v) is 3.87. The fourth-order valence-electron chi connectivity index (χ4n) is 2.11. The molecule has 2 heterocycles. The summed E-state index contributed by atoms with van der Waals surface area (Å²) in [5, 5.41) is 3.27. The van der Waals surface area contributed by atoms with Crippen LogP contribution in [0.15, 0.2) is 0 Å². The molecular formula is C8H17ClN2O2S. The maximum absolute atomic E-state index is 11.2. The van der Waals surface area contributed by atoms with Gasteiger partial charge in [0.15, 0.2) is 9.84 Å². The van der Waals surface area contributed by atoms with Crippen molar-refractivity contribution < 1.29 is 8.42 Å². The largest absolute Gasteiger partial charge is 0.314 e. The highest BCUT2D eigenvalue weighted by molar-refractivity contribution is 7.91. The third kappa shape index (κ3) is 2.82. The summed E-state index contributed by atoms with van der Waals surface area (Å²) in [4.78, 5) is 2.31. The molecule has 0 spiro atoms. The molecule has 2 fully saturated rings. The predicted octanol–water partition coefficient (Wildman–Crippen LogP) is -0.499. The van der Waals surface area contributed by atoms with Crippen LogP contribution in [0.25, 0.3) is 0 Å². The third-order valence-corrected chi connectivity index (χ3v) is 4.63. The Morgan fingerprint density at radius 2 is 1.86 bits per heavy atom. The first-order valence-corrected chi connectivity index (χ1v) is 6.65. The second kappa shape index (κ2) is 4.79. The van der Waals surface area contributed by atoms with E-state index in [1.165, 1.54) is 0 Å². The fraction of sp³-hybridized carbons (Fsp3) is 1.00. The number of nitrogens with zero attached hydrogens (tertiary/aromatic N) is 1. The lowest BCUT2D eigenvalue weighted by molar-refractivity contribution is 0.187. The third-order valence-electron chi connectivity index (χ3n) is 2.88. The predicted molar refractivity (Wildman–Crippen MR) is 58.7 cm³/mol. The first kappa shape index (κ1) is 12.2. The van der Waals surface area contributed by atoms with E-state index in [1.807, 2.05) is 0 Å². The second-order valence-electron chi connectivity index (χ2n) is 3.84. The van der Waals surface area contributed by atoms with E-state index in [1.54, 1.807) is 0 Å². The van der Waals surface area contributed by atoms with E-state index in [2.05, 4.69) is 10.2 Å². The van der Waals surface area contributed by atoms with Gasteiger partial charge in [-0.15, -0.1) is 12.4 Å². The standard InChI is InChI=1S/C8H16N2O2S.ClH/c11-13(12)6-1-8(7-13)10-4-2-9-3-5-10;/h8-9H,1-7H2;1H. The molecule has 2 aliphatic rings. The zero-order valence-electron chi connectivity index (χ0n) is 8.11. The Bertz CT molecular complexity index is 275. The topological polar surface area (TPSA) is 49.4 Å². The molecule has 0 amide bonds. The van der Waals surface area contributed by atoms with Crippen LogP contribution in [0.5, 0.6) is 0 Å². The summed E-state index contributed by atoms with van der Waals surface area (Å²) in [6.45, 7) is 3.99. The summed E-state index contributed by atoms with van der Waals surface area (Å²) in [5.41, 5.74) is 0. The average Bonchev–Trinajstić information content (AvgIpc) is 2.48. The molecule has 1 unspecified atom stereocenters. The van der Waals surface area contributed by atoms with Crippen LogP contribution in [-0.2, 0) is 9.84 Å². The molecule has 2 rings (SSSR count). The van der Waals surface area contributed by atoms with Gasteiger partial charge >= 0.3 is 0 Å². The van der Waals surface area contributed by atoms with Crippen molar-refractivity contribution in [2.45, 2.75) is 12.5 Å². The first-order valence-electron chi connectivity index (χ1n) is 4.82. The van der Waals surface area contributed by atoms with Crippen LogP contribution < -0.4 is 5.32 Å². The molecule has 6 heteroatoms. The summed E-state index contributed by atoms with van der Waals surface area (Å²) in [6.07, 6.45) is 0.836. The van der Waals surface area contributed by atoms with Crippen LogP contribution in [0.2, 0.25) is 0 Å². The molecule has 0 aromatic carbocycles. The monoisotopic (exact) mass is 240 g/mol. The maximum atomic E-state index is 11.2. The van der Waals surface area contributed by atoms with E-state index in [4.69, 9.17) is 0 Å². The van der Waals surface area contributed by atoms with Crippen LogP contribution in [0.4, 0.5) is 0 Å². The Hall–Kier alpha value is 0.160. The Labute approximate surface area is 91.4 Å². The van der Waals surface area contributed by atoms with Crippen molar-refractivity contribution in [1.82, 2.24) is 10.2 Å². The number of hydrogen-bond donors (Lipinski definition) is 1. The lowest BCUT2D eigenvalue weighted by Gasteiger charge is -2.31. The van der Waals surface area contributed by atoms with E-state index < -0.39 is 9.84 Å². The van der Waals surface area contributed by atoms with Crippen LogP contribution >= 0.6 is 12.4 Å². The first-order chi connectivity index (χ1) is 6.17. The number of sulfone groups is 1. The van der Waals surface area contributed by atoms with E-state index in [-0.39, 0.29) is 12.4 Å². The summed E-state index contributed by atoms with van der Waals surface area (Å²) < 4.78 is 22.5. The Morgan fingerprint density at radius 3 is 2.36 bits per heavy atom. The lowest BCUT2D eigenvalue weighted by Crippen LogP contribution is -2.48. The van der Waals surface area contributed by atoms with Crippen molar-refractivity contribution in [2.24, 2.45) is 0 Å². The molecule has 4 nitrogen and oxygen atoms in total. The molecule has 14 heavy (non-hydrogen) atoms. The highest BCUT2D eigenvalue weighted by atomic mass is 35.5. The minimum atomic E-state index is -2.71. The lowest BCUT2D eigenvalue weighted by atomic mass is 10.2. The minimum Gasteiger partial charge on any atom is -0.314 e. The van der Waals surface area contributed by atoms with E-state index >= 15 is 0 Å². The molecule has 1 atom stereocenters. The number of piperazine rings is 1. The van der Waals surface area contributed by atoms with Gasteiger partial charge in [0.05, 0.1) is 11.5 Å². The molecule has 0 aromatic rings. The van der Waals surface area contributed by atoms with E-state index in [0.29, 0.717) is 17.5 Å². The van der Waals surface area contributed by atoms with Gasteiger partial charge in [-0.2, -0.15) is 0 Å². The van der Waals surface area contributed by atoms with Crippen molar-refractivity contribution >= 4 is 22.2 Å². The molecular weight excluding hydrogens is 224 g/mol. The molecule has 0 bridgehead atoms. The quantitative estimate of drug-likeness (QED) is 0.672. The highest BCUT2D eigenvalue weighted by Crippen LogP contribution is 2.17. The van der Waals surface area contributed by atoms with Crippen molar-refractivity contribution in [1.29, 1.82) is 0 Å². The number of hydrogen-bond acceptors (Lipinski definition) is 4. The van der Waals surface area contributed by atoms with Crippen molar-refractivity contribution in [2.75, 3.05) is 37.7 Å². The summed E-state index contributed by atoms with van der Waals surface area (Å²) in [7, 11) is -2.71. The number of rotatable bonds is 1. The van der Waals surface area contributed by atoms with Gasteiger partial charge in [-0.25, -0.2) is 8.42 Å². The van der Waals surface area contributed by atoms with Gasteiger partial charge in [0.1, 0.15) is 0 Å². The molecule has 1 N–H and O–H groups in total. The van der Waals surface area contributed by atoms with Gasteiger partial charge in [-0.1, -0.05) is 0 Å². The second-order valence-corrected chi connectivity index (χ2v) is 6.07. The van der Waals surface area contributed by atoms with Crippen LogP contribution in [0, 0.1) is 0 Å². The van der Waals surface area contributed by atoms with Gasteiger partial charge in [-0.05, 0) is 6.42 Å².